The van der Waals surface area contributed by atoms with Crippen LogP contribution in [0.5, 0.6) is 0 Å². The topological polar surface area (TPSA) is 46.8 Å². The van der Waals surface area contributed by atoms with Gasteiger partial charge in [-0.2, -0.15) is 4.37 Å². The Morgan fingerprint density at radius 2 is 2.09 bits per heavy atom. The van der Waals surface area contributed by atoms with Crippen LogP contribution >= 0.6 is 11.5 Å². The first-order valence-corrected chi connectivity index (χ1v) is 9.06. The van der Waals surface area contributed by atoms with Crippen LogP contribution in [0.3, 0.4) is 0 Å². The van der Waals surface area contributed by atoms with Crippen molar-refractivity contribution in [2.24, 2.45) is 0 Å². The third-order valence-electron chi connectivity index (χ3n) is 5.07. The predicted molar refractivity (Wildman–Crippen MR) is 87.2 cm³/mol. The first-order valence-electron chi connectivity index (χ1n) is 8.28. The molecule has 4 rings (SSSR count). The lowest BCUT2D eigenvalue weighted by Gasteiger charge is -2.32. The second kappa shape index (κ2) is 5.74. The Bertz CT molecular complexity index is 655. The lowest BCUT2D eigenvalue weighted by Crippen LogP contribution is -2.35. The summed E-state index contributed by atoms with van der Waals surface area (Å²) in [5.41, 5.74) is 2.63. The van der Waals surface area contributed by atoms with Gasteiger partial charge in [0.25, 0.3) is 0 Å². The standard InChI is InChI=1S/C16H23N5S/c1-11-14(12(2)22-19-11)10-20-7-3-5-13(9-20)16-18-17-15-6-4-8-21(15)16/h13H,3-10H2,1-2H3/t13-/m0/s1. The highest BCUT2D eigenvalue weighted by molar-refractivity contribution is 7.05. The number of hydrogen-bond donors (Lipinski definition) is 0. The van der Waals surface area contributed by atoms with Gasteiger partial charge in [0.15, 0.2) is 0 Å². The molecular weight excluding hydrogens is 294 g/mol. The molecule has 2 aliphatic rings. The summed E-state index contributed by atoms with van der Waals surface area (Å²) in [6.07, 6.45) is 4.83. The fourth-order valence-electron chi connectivity index (χ4n) is 3.84. The van der Waals surface area contributed by atoms with Crippen molar-refractivity contribution < 1.29 is 0 Å². The first-order chi connectivity index (χ1) is 10.7. The highest BCUT2D eigenvalue weighted by Gasteiger charge is 2.28. The molecule has 2 aromatic rings. The summed E-state index contributed by atoms with van der Waals surface area (Å²) in [5, 5.41) is 8.89. The van der Waals surface area contributed by atoms with Crippen molar-refractivity contribution in [3.8, 4) is 0 Å². The van der Waals surface area contributed by atoms with Gasteiger partial charge in [-0.05, 0) is 51.2 Å². The maximum atomic E-state index is 4.50. The lowest BCUT2D eigenvalue weighted by molar-refractivity contribution is 0.194. The van der Waals surface area contributed by atoms with Crippen LogP contribution in [0.2, 0.25) is 0 Å². The van der Waals surface area contributed by atoms with Crippen molar-refractivity contribution in [2.75, 3.05) is 13.1 Å². The van der Waals surface area contributed by atoms with Crippen molar-refractivity contribution in [3.63, 3.8) is 0 Å². The van der Waals surface area contributed by atoms with Gasteiger partial charge in [0, 0.05) is 42.4 Å². The summed E-state index contributed by atoms with van der Waals surface area (Å²) in [7, 11) is 0. The number of piperidine rings is 1. The van der Waals surface area contributed by atoms with Gasteiger partial charge in [0.05, 0.1) is 5.69 Å². The van der Waals surface area contributed by atoms with Crippen molar-refractivity contribution in [1.82, 2.24) is 24.0 Å². The van der Waals surface area contributed by atoms with E-state index in [1.54, 1.807) is 11.5 Å². The van der Waals surface area contributed by atoms with Gasteiger partial charge in [0.1, 0.15) is 11.6 Å². The van der Waals surface area contributed by atoms with E-state index in [0.717, 1.165) is 26.1 Å². The Hall–Kier alpha value is -1.27. The highest BCUT2D eigenvalue weighted by Crippen LogP contribution is 2.30. The van der Waals surface area contributed by atoms with E-state index in [2.05, 4.69) is 37.9 Å². The van der Waals surface area contributed by atoms with Crippen LogP contribution in [0.4, 0.5) is 0 Å². The fraction of sp³-hybridized carbons (Fsp3) is 0.688. The molecule has 118 valence electrons. The number of hydrogen-bond acceptors (Lipinski definition) is 5. The first kappa shape index (κ1) is 14.3. The Labute approximate surface area is 135 Å². The molecule has 1 saturated heterocycles. The average molecular weight is 317 g/mol. The quantitative estimate of drug-likeness (QED) is 0.873. The molecule has 1 atom stereocenters. The second-order valence-corrected chi connectivity index (χ2v) is 7.58. The molecule has 2 aliphatic heterocycles. The zero-order chi connectivity index (χ0) is 15.1. The zero-order valence-corrected chi connectivity index (χ0v) is 14.2. The van der Waals surface area contributed by atoms with Crippen molar-refractivity contribution in [2.45, 2.75) is 58.5 Å². The molecule has 22 heavy (non-hydrogen) atoms. The van der Waals surface area contributed by atoms with E-state index in [-0.39, 0.29) is 0 Å². The minimum atomic E-state index is 0.542. The zero-order valence-electron chi connectivity index (χ0n) is 13.4. The second-order valence-electron chi connectivity index (χ2n) is 6.61. The smallest absolute Gasteiger partial charge is 0.137 e. The maximum Gasteiger partial charge on any atom is 0.137 e. The summed E-state index contributed by atoms with van der Waals surface area (Å²) >= 11 is 1.63. The molecule has 6 heteroatoms. The molecule has 0 saturated carbocycles. The average Bonchev–Trinajstić information content (AvgIpc) is 3.19. The van der Waals surface area contributed by atoms with E-state index >= 15 is 0 Å². The highest BCUT2D eigenvalue weighted by atomic mass is 32.1. The van der Waals surface area contributed by atoms with E-state index in [9.17, 15) is 0 Å². The molecule has 0 bridgehead atoms. The molecule has 1 fully saturated rings. The van der Waals surface area contributed by atoms with Gasteiger partial charge < -0.3 is 4.57 Å². The number of aryl methyl sites for hydroxylation is 3. The van der Waals surface area contributed by atoms with Gasteiger partial charge in [-0.3, -0.25) is 4.90 Å². The van der Waals surface area contributed by atoms with Crippen LogP contribution in [-0.4, -0.2) is 37.1 Å². The predicted octanol–water partition coefficient (Wildman–Crippen LogP) is 2.68. The SMILES string of the molecule is Cc1nsc(C)c1CN1CCC[C@H](c2nnc3n2CCC3)C1. The van der Waals surface area contributed by atoms with E-state index in [4.69, 9.17) is 0 Å². The molecule has 5 nitrogen and oxygen atoms in total. The van der Waals surface area contributed by atoms with Crippen LogP contribution in [-0.2, 0) is 19.5 Å². The molecule has 4 heterocycles. The summed E-state index contributed by atoms with van der Waals surface area (Å²) in [6, 6.07) is 0. The van der Waals surface area contributed by atoms with E-state index in [0.29, 0.717) is 5.92 Å². The van der Waals surface area contributed by atoms with Crippen LogP contribution in [0.25, 0.3) is 0 Å². The van der Waals surface area contributed by atoms with Crippen molar-refractivity contribution >= 4 is 11.5 Å². The van der Waals surface area contributed by atoms with Crippen molar-refractivity contribution in [3.05, 3.63) is 27.8 Å². The van der Waals surface area contributed by atoms with Gasteiger partial charge >= 0.3 is 0 Å². The third-order valence-corrected chi connectivity index (χ3v) is 5.96. The largest absolute Gasteiger partial charge is 0.315 e. The minimum absolute atomic E-state index is 0.542. The lowest BCUT2D eigenvalue weighted by atomic mass is 9.96. The van der Waals surface area contributed by atoms with Crippen molar-refractivity contribution in [1.29, 1.82) is 0 Å². The normalized spacial score (nSPS) is 22.2. The van der Waals surface area contributed by atoms with E-state index in [1.165, 1.54) is 53.6 Å². The van der Waals surface area contributed by atoms with Gasteiger partial charge in [-0.25, -0.2) is 0 Å². The minimum Gasteiger partial charge on any atom is -0.315 e. The summed E-state index contributed by atoms with van der Waals surface area (Å²) in [4.78, 5) is 3.94. The monoisotopic (exact) mass is 317 g/mol. The summed E-state index contributed by atoms with van der Waals surface area (Å²) in [5.74, 6) is 2.97. The van der Waals surface area contributed by atoms with Crippen LogP contribution < -0.4 is 0 Å². The van der Waals surface area contributed by atoms with E-state index < -0.39 is 0 Å². The van der Waals surface area contributed by atoms with Crippen LogP contribution in [0.15, 0.2) is 0 Å². The molecule has 2 aromatic heterocycles. The number of nitrogens with zero attached hydrogens (tertiary/aromatic N) is 5. The third kappa shape index (κ3) is 2.48. The van der Waals surface area contributed by atoms with Crippen LogP contribution in [0.1, 0.15) is 53.0 Å². The Balaban J connectivity index is 1.50. The molecule has 0 aliphatic carbocycles. The van der Waals surface area contributed by atoms with Gasteiger partial charge in [0.2, 0.25) is 0 Å². The van der Waals surface area contributed by atoms with E-state index in [1.807, 2.05) is 0 Å². The number of rotatable bonds is 3. The molecule has 0 spiro atoms. The Morgan fingerprint density at radius 3 is 2.91 bits per heavy atom. The molecular formula is C16H23N5S. The van der Waals surface area contributed by atoms with Crippen LogP contribution in [0, 0.1) is 13.8 Å². The number of likely N-dealkylation sites (tertiary alicyclic amines) is 1. The fourth-order valence-corrected chi connectivity index (χ4v) is 4.54. The summed E-state index contributed by atoms with van der Waals surface area (Å²) < 4.78 is 6.86. The number of fused-ring (bicyclic) bond motifs is 1. The molecule has 0 aromatic carbocycles. The maximum absolute atomic E-state index is 4.50. The molecule has 0 amide bonds. The summed E-state index contributed by atoms with van der Waals surface area (Å²) in [6.45, 7) is 8.75. The Kier molecular flexibility index (Phi) is 3.74. The van der Waals surface area contributed by atoms with Gasteiger partial charge in [-0.15, -0.1) is 10.2 Å². The number of aromatic nitrogens is 4. The van der Waals surface area contributed by atoms with Gasteiger partial charge in [-0.1, -0.05) is 0 Å². The molecule has 0 N–H and O–H groups in total. The molecule has 0 radical (unpaired) electrons. The molecule has 0 unspecified atom stereocenters. The Morgan fingerprint density at radius 1 is 1.18 bits per heavy atom.